The molecule has 0 saturated heterocycles. The molecule has 5 heteroatoms. The number of hydrogen-bond acceptors (Lipinski definition) is 2. The molecule has 0 aliphatic carbocycles. The lowest BCUT2D eigenvalue weighted by atomic mass is 10.3. The molecule has 18 heavy (non-hydrogen) atoms. The lowest BCUT2D eigenvalue weighted by Crippen LogP contribution is -2.39. The van der Waals surface area contributed by atoms with Crippen LogP contribution in [0.25, 0.3) is 0 Å². The van der Waals surface area contributed by atoms with Crippen molar-refractivity contribution in [1.29, 1.82) is 0 Å². The number of rotatable bonds is 6. The zero-order chi connectivity index (χ0) is 13.4. The Morgan fingerprint density at radius 2 is 2.28 bits per heavy atom. The van der Waals surface area contributed by atoms with E-state index in [0.29, 0.717) is 6.54 Å². The lowest BCUT2D eigenvalue weighted by Gasteiger charge is -2.21. The van der Waals surface area contributed by atoms with E-state index in [9.17, 15) is 0 Å². The largest absolute Gasteiger partial charge is 0.357 e. The summed E-state index contributed by atoms with van der Waals surface area (Å²) >= 11 is 0. The number of hydrogen-bond donors (Lipinski definition) is 1. The van der Waals surface area contributed by atoms with Gasteiger partial charge < -0.3 is 10.2 Å². The summed E-state index contributed by atoms with van der Waals surface area (Å²) in [7, 11) is 4.01. The van der Waals surface area contributed by atoms with Crippen LogP contribution in [0.4, 0.5) is 0 Å². The summed E-state index contributed by atoms with van der Waals surface area (Å²) < 4.78 is 1.80. The first-order valence-electron chi connectivity index (χ1n) is 6.64. The van der Waals surface area contributed by atoms with Crippen molar-refractivity contribution in [2.75, 3.05) is 20.1 Å². The molecule has 0 spiro atoms. The summed E-state index contributed by atoms with van der Waals surface area (Å²) in [6.45, 7) is 6.89. The predicted molar refractivity (Wildman–Crippen MR) is 75.6 cm³/mol. The molecule has 1 rings (SSSR count). The van der Waals surface area contributed by atoms with E-state index < -0.39 is 0 Å². The Bertz CT molecular complexity index is 369. The first-order valence-corrected chi connectivity index (χ1v) is 6.64. The van der Waals surface area contributed by atoms with Gasteiger partial charge in [0.2, 0.25) is 0 Å². The maximum Gasteiger partial charge on any atom is 0.193 e. The molecule has 1 heterocycles. The Hall–Kier alpha value is -1.52. The molecule has 0 atom stereocenters. The Labute approximate surface area is 110 Å². The van der Waals surface area contributed by atoms with E-state index in [0.717, 1.165) is 24.6 Å². The first-order chi connectivity index (χ1) is 8.67. The van der Waals surface area contributed by atoms with E-state index in [1.165, 1.54) is 12.8 Å². The van der Waals surface area contributed by atoms with E-state index in [1.807, 2.05) is 19.4 Å². The monoisotopic (exact) mass is 251 g/mol. The van der Waals surface area contributed by atoms with E-state index >= 15 is 0 Å². The van der Waals surface area contributed by atoms with Crippen LogP contribution < -0.4 is 5.32 Å². The van der Waals surface area contributed by atoms with Crippen molar-refractivity contribution in [2.45, 2.75) is 33.2 Å². The van der Waals surface area contributed by atoms with Crippen molar-refractivity contribution >= 4 is 5.96 Å². The minimum atomic E-state index is 0.673. The topological polar surface area (TPSA) is 45.5 Å². The molecule has 0 aromatic carbocycles. The van der Waals surface area contributed by atoms with Crippen molar-refractivity contribution < 1.29 is 0 Å². The van der Waals surface area contributed by atoms with E-state index in [4.69, 9.17) is 0 Å². The third kappa shape index (κ3) is 4.77. The smallest absolute Gasteiger partial charge is 0.193 e. The number of nitrogens with zero attached hydrogens (tertiary/aromatic N) is 4. The average molecular weight is 251 g/mol. The third-order valence-electron chi connectivity index (χ3n) is 2.71. The minimum Gasteiger partial charge on any atom is -0.357 e. The number of nitrogens with one attached hydrogen (secondary N) is 1. The zero-order valence-corrected chi connectivity index (χ0v) is 12.0. The van der Waals surface area contributed by atoms with E-state index in [-0.39, 0.29) is 0 Å². The van der Waals surface area contributed by atoms with E-state index in [2.05, 4.69) is 41.2 Å². The second-order valence-corrected chi connectivity index (χ2v) is 4.47. The van der Waals surface area contributed by atoms with Crippen LogP contribution in [0.15, 0.2) is 17.4 Å². The highest BCUT2D eigenvalue weighted by Gasteiger charge is 2.04. The van der Waals surface area contributed by atoms with Gasteiger partial charge in [0.05, 0.1) is 12.7 Å². The van der Waals surface area contributed by atoms with Crippen molar-refractivity contribution in [1.82, 2.24) is 20.0 Å². The summed E-state index contributed by atoms with van der Waals surface area (Å²) in [4.78, 5) is 6.81. The highest BCUT2D eigenvalue weighted by Crippen LogP contribution is 2.00. The molecule has 102 valence electrons. The van der Waals surface area contributed by atoms with Gasteiger partial charge in [0.25, 0.3) is 0 Å². The molecule has 0 radical (unpaired) electrons. The molecule has 1 aromatic heterocycles. The minimum absolute atomic E-state index is 0.673. The quantitative estimate of drug-likeness (QED) is 0.617. The Kier molecular flexibility index (Phi) is 6.25. The fourth-order valence-corrected chi connectivity index (χ4v) is 1.69. The normalized spacial score (nSPS) is 11.7. The Morgan fingerprint density at radius 1 is 1.50 bits per heavy atom. The van der Waals surface area contributed by atoms with Gasteiger partial charge in [0, 0.05) is 38.9 Å². The Balaban J connectivity index is 2.59. The molecule has 0 aliphatic heterocycles. The molecular weight excluding hydrogens is 226 g/mol. The standard InChI is InChI=1S/C13H25N5/c1-5-7-8-17(3)13(14-6-2)15-9-12-10-16-18(4)11-12/h10-11H,5-9H2,1-4H3,(H,14,15). The van der Waals surface area contributed by atoms with Gasteiger partial charge >= 0.3 is 0 Å². The van der Waals surface area contributed by atoms with Gasteiger partial charge in [0.1, 0.15) is 0 Å². The molecule has 5 nitrogen and oxygen atoms in total. The second kappa shape index (κ2) is 7.74. The molecular formula is C13H25N5. The van der Waals surface area contributed by atoms with Gasteiger partial charge in [-0.1, -0.05) is 13.3 Å². The summed E-state index contributed by atoms with van der Waals surface area (Å²) in [6.07, 6.45) is 6.25. The highest BCUT2D eigenvalue weighted by molar-refractivity contribution is 5.79. The number of guanidine groups is 1. The number of aryl methyl sites for hydroxylation is 1. The molecule has 1 N–H and O–H groups in total. The van der Waals surface area contributed by atoms with Crippen LogP contribution in [0.1, 0.15) is 32.3 Å². The van der Waals surface area contributed by atoms with Gasteiger partial charge in [-0.05, 0) is 13.3 Å². The van der Waals surface area contributed by atoms with Crippen LogP contribution in [-0.4, -0.2) is 40.8 Å². The number of aromatic nitrogens is 2. The van der Waals surface area contributed by atoms with Crippen LogP contribution in [0, 0.1) is 0 Å². The third-order valence-corrected chi connectivity index (χ3v) is 2.71. The van der Waals surface area contributed by atoms with Crippen molar-refractivity contribution in [2.24, 2.45) is 12.0 Å². The van der Waals surface area contributed by atoms with Crippen molar-refractivity contribution in [3.8, 4) is 0 Å². The van der Waals surface area contributed by atoms with Gasteiger partial charge in [-0.15, -0.1) is 0 Å². The van der Waals surface area contributed by atoms with Gasteiger partial charge in [-0.2, -0.15) is 5.10 Å². The second-order valence-electron chi connectivity index (χ2n) is 4.47. The summed E-state index contributed by atoms with van der Waals surface area (Å²) in [5, 5.41) is 7.47. The highest BCUT2D eigenvalue weighted by atomic mass is 15.3. The molecule has 0 saturated carbocycles. The molecule has 0 fully saturated rings. The van der Waals surface area contributed by atoms with Gasteiger partial charge in [0.15, 0.2) is 5.96 Å². The molecule has 1 aromatic rings. The predicted octanol–water partition coefficient (Wildman–Crippen LogP) is 1.62. The zero-order valence-electron chi connectivity index (χ0n) is 12.0. The van der Waals surface area contributed by atoms with Gasteiger partial charge in [-0.25, -0.2) is 4.99 Å². The first kappa shape index (κ1) is 14.5. The van der Waals surface area contributed by atoms with Crippen LogP contribution in [0.3, 0.4) is 0 Å². The van der Waals surface area contributed by atoms with Crippen LogP contribution in [-0.2, 0) is 13.6 Å². The van der Waals surface area contributed by atoms with Crippen molar-refractivity contribution in [3.63, 3.8) is 0 Å². The van der Waals surface area contributed by atoms with Gasteiger partial charge in [-0.3, -0.25) is 4.68 Å². The van der Waals surface area contributed by atoms with E-state index in [1.54, 1.807) is 4.68 Å². The van der Waals surface area contributed by atoms with Crippen LogP contribution in [0.2, 0.25) is 0 Å². The summed E-state index contributed by atoms with van der Waals surface area (Å²) in [5.74, 6) is 0.967. The lowest BCUT2D eigenvalue weighted by molar-refractivity contribution is 0.465. The molecule has 0 bridgehead atoms. The average Bonchev–Trinajstić information content (AvgIpc) is 2.77. The molecule has 0 aliphatic rings. The van der Waals surface area contributed by atoms with Crippen LogP contribution >= 0.6 is 0 Å². The molecule has 0 amide bonds. The van der Waals surface area contributed by atoms with Crippen molar-refractivity contribution in [3.05, 3.63) is 18.0 Å². The van der Waals surface area contributed by atoms with Crippen LogP contribution in [0.5, 0.6) is 0 Å². The maximum atomic E-state index is 4.63. The number of aliphatic imine (C=N–C) groups is 1. The Morgan fingerprint density at radius 3 is 2.83 bits per heavy atom. The molecule has 0 unspecified atom stereocenters. The SMILES string of the molecule is CCCCN(C)C(=NCc1cnn(C)c1)NCC. The summed E-state index contributed by atoms with van der Waals surface area (Å²) in [5.41, 5.74) is 1.14. The number of unbranched alkanes of at least 4 members (excludes halogenated alkanes) is 1. The fraction of sp³-hybridized carbons (Fsp3) is 0.692. The summed E-state index contributed by atoms with van der Waals surface area (Å²) in [6, 6.07) is 0. The maximum absolute atomic E-state index is 4.63. The fourth-order valence-electron chi connectivity index (χ4n) is 1.69.